The molecule has 0 unspecified atom stereocenters. The molecule has 0 bridgehead atoms. The van der Waals surface area contributed by atoms with Crippen LogP contribution in [-0.2, 0) is 11.9 Å². The lowest BCUT2D eigenvalue weighted by atomic mass is 10.2. The van der Waals surface area contributed by atoms with E-state index in [1.54, 1.807) is 19.2 Å². The number of benzene rings is 2. The van der Waals surface area contributed by atoms with Crippen LogP contribution < -0.4 is 9.47 Å². The molecule has 0 aliphatic heterocycles. The molecular weight excluding hydrogens is 426 g/mol. The predicted molar refractivity (Wildman–Crippen MR) is 89.1 cm³/mol. The minimum absolute atomic E-state index is 0.266. The third-order valence-corrected chi connectivity index (χ3v) is 4.35. The Labute approximate surface area is 144 Å². The summed E-state index contributed by atoms with van der Waals surface area (Å²) in [6.07, 6.45) is 0. The van der Waals surface area contributed by atoms with Crippen LogP contribution in [0.2, 0.25) is 5.02 Å². The summed E-state index contributed by atoms with van der Waals surface area (Å²) in [5.41, 5.74) is 1.82. The molecule has 0 heterocycles. The Morgan fingerprint density at radius 1 is 1.19 bits per heavy atom. The SMILES string of the molecule is COc1cc(CBr)cc(Cl)c1OCc1ccc(F)c(Br)c1. The Morgan fingerprint density at radius 2 is 1.95 bits per heavy atom. The van der Waals surface area contributed by atoms with E-state index >= 15 is 0 Å². The lowest BCUT2D eigenvalue weighted by molar-refractivity contribution is 0.284. The number of hydrogen-bond donors (Lipinski definition) is 0. The van der Waals surface area contributed by atoms with Gasteiger partial charge in [-0.05, 0) is 51.3 Å². The van der Waals surface area contributed by atoms with Gasteiger partial charge in [0.15, 0.2) is 11.5 Å². The molecule has 0 aliphatic rings. The molecule has 0 N–H and O–H groups in total. The summed E-state index contributed by atoms with van der Waals surface area (Å²) in [6.45, 7) is 0.266. The largest absolute Gasteiger partial charge is 0.493 e. The minimum Gasteiger partial charge on any atom is -0.493 e. The Bertz CT molecular complexity index is 650. The molecule has 0 aromatic heterocycles. The molecular formula is C15H12Br2ClFO2. The second kappa shape index (κ2) is 7.47. The van der Waals surface area contributed by atoms with Crippen molar-refractivity contribution in [3.05, 3.63) is 56.8 Å². The number of ether oxygens (including phenoxy) is 2. The summed E-state index contributed by atoms with van der Waals surface area (Å²) in [5, 5.41) is 1.15. The van der Waals surface area contributed by atoms with E-state index in [2.05, 4.69) is 31.9 Å². The van der Waals surface area contributed by atoms with Crippen molar-refractivity contribution >= 4 is 43.5 Å². The topological polar surface area (TPSA) is 18.5 Å². The summed E-state index contributed by atoms with van der Waals surface area (Å²) >= 11 is 12.7. The van der Waals surface area contributed by atoms with Crippen LogP contribution in [0.4, 0.5) is 4.39 Å². The van der Waals surface area contributed by atoms with Crippen LogP contribution in [-0.4, -0.2) is 7.11 Å². The van der Waals surface area contributed by atoms with Crippen molar-refractivity contribution in [1.82, 2.24) is 0 Å². The van der Waals surface area contributed by atoms with E-state index in [0.29, 0.717) is 26.3 Å². The lowest BCUT2D eigenvalue weighted by Gasteiger charge is -2.14. The second-order valence-electron chi connectivity index (χ2n) is 4.28. The Morgan fingerprint density at radius 3 is 2.57 bits per heavy atom. The average Bonchev–Trinajstić information content (AvgIpc) is 2.48. The van der Waals surface area contributed by atoms with Gasteiger partial charge in [-0.3, -0.25) is 0 Å². The van der Waals surface area contributed by atoms with E-state index in [0.717, 1.165) is 11.1 Å². The fraction of sp³-hybridized carbons (Fsp3) is 0.200. The average molecular weight is 439 g/mol. The van der Waals surface area contributed by atoms with Crippen LogP contribution in [0.5, 0.6) is 11.5 Å². The van der Waals surface area contributed by atoms with E-state index < -0.39 is 0 Å². The highest BCUT2D eigenvalue weighted by atomic mass is 79.9. The molecule has 0 atom stereocenters. The van der Waals surface area contributed by atoms with Gasteiger partial charge in [0.1, 0.15) is 12.4 Å². The van der Waals surface area contributed by atoms with Crippen molar-refractivity contribution < 1.29 is 13.9 Å². The smallest absolute Gasteiger partial charge is 0.180 e. The predicted octanol–water partition coefficient (Wildman–Crippen LogP) is 5.72. The highest BCUT2D eigenvalue weighted by molar-refractivity contribution is 9.10. The number of hydrogen-bond acceptors (Lipinski definition) is 2. The minimum atomic E-state index is -0.309. The van der Waals surface area contributed by atoms with Crippen molar-refractivity contribution in [1.29, 1.82) is 0 Å². The van der Waals surface area contributed by atoms with Gasteiger partial charge in [-0.2, -0.15) is 0 Å². The first-order valence-electron chi connectivity index (χ1n) is 6.04. The van der Waals surface area contributed by atoms with E-state index in [-0.39, 0.29) is 12.4 Å². The first-order valence-corrected chi connectivity index (χ1v) is 8.33. The maximum absolute atomic E-state index is 13.2. The maximum Gasteiger partial charge on any atom is 0.180 e. The zero-order valence-corrected chi connectivity index (χ0v) is 15.1. The van der Waals surface area contributed by atoms with Crippen LogP contribution in [0.15, 0.2) is 34.8 Å². The van der Waals surface area contributed by atoms with Gasteiger partial charge in [-0.15, -0.1) is 0 Å². The van der Waals surface area contributed by atoms with Crippen LogP contribution in [0.1, 0.15) is 11.1 Å². The Balaban J connectivity index is 2.21. The number of alkyl halides is 1. The molecule has 0 spiro atoms. The molecule has 0 amide bonds. The summed E-state index contributed by atoms with van der Waals surface area (Å²) in [7, 11) is 1.56. The molecule has 0 saturated heterocycles. The molecule has 0 fully saturated rings. The number of halogens is 4. The van der Waals surface area contributed by atoms with Crippen molar-refractivity contribution in [3.63, 3.8) is 0 Å². The van der Waals surface area contributed by atoms with E-state index in [1.807, 2.05) is 12.1 Å². The molecule has 2 aromatic carbocycles. The van der Waals surface area contributed by atoms with Crippen LogP contribution in [0.3, 0.4) is 0 Å². The van der Waals surface area contributed by atoms with Gasteiger partial charge in [-0.25, -0.2) is 4.39 Å². The molecule has 0 aliphatic carbocycles. The molecule has 2 nitrogen and oxygen atoms in total. The third kappa shape index (κ3) is 4.11. The normalized spacial score (nSPS) is 10.5. The summed E-state index contributed by atoms with van der Waals surface area (Å²) in [4.78, 5) is 0. The molecule has 0 radical (unpaired) electrons. The molecule has 2 rings (SSSR count). The fourth-order valence-electron chi connectivity index (χ4n) is 1.78. The third-order valence-electron chi connectivity index (χ3n) is 2.81. The Kier molecular flexibility index (Phi) is 5.90. The van der Waals surface area contributed by atoms with Gasteiger partial charge >= 0.3 is 0 Å². The lowest BCUT2D eigenvalue weighted by Crippen LogP contribution is -1.99. The van der Waals surface area contributed by atoms with Gasteiger partial charge in [0.2, 0.25) is 0 Å². The van der Waals surface area contributed by atoms with E-state index in [4.69, 9.17) is 21.1 Å². The van der Waals surface area contributed by atoms with Crippen LogP contribution in [0.25, 0.3) is 0 Å². The van der Waals surface area contributed by atoms with Crippen LogP contribution in [0, 0.1) is 5.82 Å². The molecule has 112 valence electrons. The standard InChI is InChI=1S/C15H12Br2ClFO2/c1-20-14-6-10(7-16)5-12(18)15(14)21-8-9-2-3-13(19)11(17)4-9/h2-6H,7-8H2,1H3. The van der Waals surface area contributed by atoms with E-state index in [9.17, 15) is 4.39 Å². The van der Waals surface area contributed by atoms with Crippen LogP contribution >= 0.6 is 43.5 Å². The van der Waals surface area contributed by atoms with Gasteiger partial charge in [0.05, 0.1) is 16.6 Å². The van der Waals surface area contributed by atoms with Gasteiger partial charge < -0.3 is 9.47 Å². The number of rotatable bonds is 5. The van der Waals surface area contributed by atoms with Crippen molar-refractivity contribution in [2.45, 2.75) is 11.9 Å². The van der Waals surface area contributed by atoms with Crippen molar-refractivity contribution in [2.24, 2.45) is 0 Å². The maximum atomic E-state index is 13.2. The van der Waals surface area contributed by atoms with Gasteiger partial charge in [0, 0.05) is 5.33 Å². The number of methoxy groups -OCH3 is 1. The zero-order chi connectivity index (χ0) is 15.4. The monoisotopic (exact) mass is 436 g/mol. The second-order valence-corrected chi connectivity index (χ2v) is 6.10. The van der Waals surface area contributed by atoms with Gasteiger partial charge in [0.25, 0.3) is 0 Å². The fourth-order valence-corrected chi connectivity index (χ4v) is 2.81. The highest BCUT2D eigenvalue weighted by Crippen LogP contribution is 2.37. The van der Waals surface area contributed by atoms with E-state index in [1.165, 1.54) is 6.07 Å². The van der Waals surface area contributed by atoms with Gasteiger partial charge in [-0.1, -0.05) is 33.6 Å². The zero-order valence-electron chi connectivity index (χ0n) is 11.1. The summed E-state index contributed by atoms with van der Waals surface area (Å²) < 4.78 is 24.6. The highest BCUT2D eigenvalue weighted by Gasteiger charge is 2.12. The molecule has 2 aromatic rings. The quantitative estimate of drug-likeness (QED) is 0.556. The molecule has 0 saturated carbocycles. The summed E-state index contributed by atoms with van der Waals surface area (Å²) in [5.74, 6) is 0.735. The molecule has 6 heteroatoms. The first kappa shape index (κ1) is 16.6. The first-order chi connectivity index (χ1) is 10.0. The molecule has 21 heavy (non-hydrogen) atoms. The summed E-state index contributed by atoms with van der Waals surface area (Å²) in [6, 6.07) is 8.39. The Hall–Kier alpha value is -0.780. The van der Waals surface area contributed by atoms with Crippen molar-refractivity contribution in [3.8, 4) is 11.5 Å². The van der Waals surface area contributed by atoms with Crippen molar-refractivity contribution in [2.75, 3.05) is 7.11 Å².